The van der Waals surface area contributed by atoms with Crippen LogP contribution in [0.3, 0.4) is 0 Å². The molecule has 2 bridgehead atoms. The number of amides is 4. The predicted octanol–water partition coefficient (Wildman–Crippen LogP) is 3.83. The standard InChI is InChI=1S/C34H41N5O5/c35-12-3-1-2-4-30(41)38-13-11-22-14-25(7-5-24(22)16-38)36-32(43)34-18-33(19-34,20-34)21-39(26-8-9-26)31(42)23-6-10-27-28(15-23)44-17-29(40)37-27/h5-7,10,14-15,26H,1-4,8-9,11-13,16-21,35H2,(H,36,43)(H,37,40). The van der Waals surface area contributed by atoms with E-state index in [1.807, 2.05) is 21.9 Å². The summed E-state index contributed by atoms with van der Waals surface area (Å²) >= 11 is 0. The summed E-state index contributed by atoms with van der Waals surface area (Å²) < 4.78 is 5.53. The highest BCUT2D eigenvalue weighted by molar-refractivity contribution is 6.00. The fourth-order valence-electron chi connectivity index (χ4n) is 7.76. The molecule has 4 aliphatic carbocycles. The lowest BCUT2D eigenvalue weighted by Gasteiger charge is -2.70. The Labute approximate surface area is 257 Å². The second kappa shape index (κ2) is 11.2. The molecule has 10 heteroatoms. The van der Waals surface area contributed by atoms with Crippen LogP contribution in [0.15, 0.2) is 36.4 Å². The first-order valence-electron chi connectivity index (χ1n) is 16.1. The Balaban J connectivity index is 0.927. The largest absolute Gasteiger partial charge is 0.482 e. The highest BCUT2D eigenvalue weighted by Crippen LogP contribution is 2.74. The van der Waals surface area contributed by atoms with Crippen LogP contribution in [0.1, 0.15) is 79.3 Å². The number of nitrogens with one attached hydrogen (secondary N) is 2. The SMILES string of the molecule is NCCCCCC(=O)N1CCc2cc(NC(=O)C34CC(CN(C(=O)c5ccc6c(c5)OCC(=O)N6)C5CC5)(C3)C4)ccc2C1. The summed E-state index contributed by atoms with van der Waals surface area (Å²) in [6.07, 6.45) is 8.60. The fourth-order valence-corrected chi connectivity index (χ4v) is 7.76. The number of carbonyl (C=O) groups excluding carboxylic acids is 4. The molecule has 2 aliphatic heterocycles. The number of ether oxygens (including phenoxy) is 1. The van der Waals surface area contributed by atoms with Crippen LogP contribution in [0.5, 0.6) is 5.75 Å². The van der Waals surface area contributed by atoms with E-state index in [1.165, 1.54) is 5.56 Å². The van der Waals surface area contributed by atoms with E-state index in [0.29, 0.717) is 49.6 Å². The quantitative estimate of drug-likeness (QED) is 0.336. The van der Waals surface area contributed by atoms with Gasteiger partial charge in [-0.15, -0.1) is 0 Å². The van der Waals surface area contributed by atoms with Gasteiger partial charge in [0.15, 0.2) is 6.61 Å². The molecular weight excluding hydrogens is 558 g/mol. The Bertz CT molecular complexity index is 1500. The number of hydrogen-bond acceptors (Lipinski definition) is 6. The van der Waals surface area contributed by atoms with E-state index in [9.17, 15) is 19.2 Å². The monoisotopic (exact) mass is 599 g/mol. The van der Waals surface area contributed by atoms with Crippen molar-refractivity contribution in [2.24, 2.45) is 16.6 Å². The van der Waals surface area contributed by atoms with Crippen molar-refractivity contribution >= 4 is 35.0 Å². The van der Waals surface area contributed by atoms with E-state index >= 15 is 0 Å². The lowest BCUT2D eigenvalue weighted by Crippen LogP contribution is -2.70. The van der Waals surface area contributed by atoms with Crippen molar-refractivity contribution in [3.63, 3.8) is 0 Å². The summed E-state index contributed by atoms with van der Waals surface area (Å²) in [7, 11) is 0. The summed E-state index contributed by atoms with van der Waals surface area (Å²) in [5, 5.41) is 5.95. The first kappa shape index (κ1) is 28.8. The predicted molar refractivity (Wildman–Crippen MR) is 165 cm³/mol. The summed E-state index contributed by atoms with van der Waals surface area (Å²) in [5.41, 5.74) is 9.52. The molecule has 8 rings (SSSR count). The van der Waals surface area contributed by atoms with Crippen molar-refractivity contribution < 1.29 is 23.9 Å². The second-order valence-corrected chi connectivity index (χ2v) is 13.6. The minimum Gasteiger partial charge on any atom is -0.482 e. The smallest absolute Gasteiger partial charge is 0.262 e. The third kappa shape index (κ3) is 5.44. The number of nitrogens with zero attached hydrogens (tertiary/aromatic N) is 2. The Morgan fingerprint density at radius 3 is 2.64 bits per heavy atom. The Kier molecular flexibility index (Phi) is 7.35. The molecule has 2 aromatic rings. The first-order valence-corrected chi connectivity index (χ1v) is 16.1. The number of carbonyl (C=O) groups is 4. The van der Waals surface area contributed by atoms with Gasteiger partial charge in [0.1, 0.15) is 5.75 Å². The van der Waals surface area contributed by atoms with Gasteiger partial charge >= 0.3 is 0 Å². The molecule has 10 nitrogen and oxygen atoms in total. The van der Waals surface area contributed by atoms with Crippen LogP contribution >= 0.6 is 0 Å². The molecule has 4 saturated carbocycles. The average molecular weight is 600 g/mol. The molecule has 0 radical (unpaired) electrons. The molecule has 2 aromatic carbocycles. The van der Waals surface area contributed by atoms with E-state index in [1.54, 1.807) is 18.2 Å². The maximum Gasteiger partial charge on any atom is 0.262 e. The minimum absolute atomic E-state index is 0.00440. The fraction of sp³-hybridized carbons (Fsp3) is 0.529. The van der Waals surface area contributed by atoms with Gasteiger partial charge in [-0.05, 0) is 105 Å². The molecule has 4 fully saturated rings. The summed E-state index contributed by atoms with van der Waals surface area (Å²) in [4.78, 5) is 55.2. The van der Waals surface area contributed by atoms with Gasteiger partial charge in [-0.3, -0.25) is 19.2 Å². The zero-order chi connectivity index (χ0) is 30.5. The topological polar surface area (TPSA) is 134 Å². The molecule has 0 unspecified atom stereocenters. The van der Waals surface area contributed by atoms with E-state index in [4.69, 9.17) is 10.5 Å². The van der Waals surface area contributed by atoms with Crippen molar-refractivity contribution in [1.29, 1.82) is 0 Å². The summed E-state index contributed by atoms with van der Waals surface area (Å²) in [6, 6.07) is 11.5. The maximum atomic E-state index is 13.6. The van der Waals surface area contributed by atoms with Crippen molar-refractivity contribution in [2.75, 3.05) is 36.9 Å². The molecule has 44 heavy (non-hydrogen) atoms. The molecule has 6 aliphatic rings. The number of rotatable bonds is 11. The molecule has 0 saturated heterocycles. The van der Waals surface area contributed by atoms with E-state index in [0.717, 1.165) is 69.0 Å². The number of hydrogen-bond donors (Lipinski definition) is 3. The third-order valence-corrected chi connectivity index (χ3v) is 10.2. The average Bonchev–Trinajstić information content (AvgIpc) is 3.82. The Morgan fingerprint density at radius 2 is 1.86 bits per heavy atom. The van der Waals surface area contributed by atoms with Gasteiger partial charge in [0, 0.05) is 43.3 Å². The number of fused-ring (bicyclic) bond motifs is 2. The van der Waals surface area contributed by atoms with Crippen molar-refractivity contribution in [2.45, 2.75) is 76.8 Å². The third-order valence-electron chi connectivity index (χ3n) is 10.2. The molecule has 0 spiro atoms. The Morgan fingerprint density at radius 1 is 1.05 bits per heavy atom. The molecule has 0 aromatic heterocycles. The number of nitrogens with two attached hydrogens (primary N) is 1. The molecule has 4 N–H and O–H groups in total. The van der Waals surface area contributed by atoms with E-state index in [2.05, 4.69) is 16.7 Å². The lowest BCUT2D eigenvalue weighted by atomic mass is 9.34. The van der Waals surface area contributed by atoms with Gasteiger partial charge in [-0.25, -0.2) is 0 Å². The normalized spacial score (nSPS) is 24.5. The number of benzene rings is 2. The van der Waals surface area contributed by atoms with Crippen LogP contribution in [-0.2, 0) is 27.3 Å². The van der Waals surface area contributed by atoms with Gasteiger partial charge in [0.25, 0.3) is 11.8 Å². The molecule has 2 heterocycles. The summed E-state index contributed by atoms with van der Waals surface area (Å²) in [6.45, 7) is 2.62. The van der Waals surface area contributed by atoms with Crippen molar-refractivity contribution in [1.82, 2.24) is 9.80 Å². The zero-order valence-corrected chi connectivity index (χ0v) is 25.2. The highest BCUT2D eigenvalue weighted by atomic mass is 16.5. The van der Waals surface area contributed by atoms with E-state index < -0.39 is 0 Å². The van der Waals surface area contributed by atoms with Gasteiger partial charge < -0.3 is 30.9 Å². The highest BCUT2D eigenvalue weighted by Gasteiger charge is 2.72. The van der Waals surface area contributed by atoms with Crippen LogP contribution in [0.25, 0.3) is 0 Å². The lowest BCUT2D eigenvalue weighted by molar-refractivity contribution is -0.207. The number of anilines is 2. The van der Waals surface area contributed by atoms with Crippen LogP contribution in [0.4, 0.5) is 11.4 Å². The Hall–Kier alpha value is -3.92. The zero-order valence-electron chi connectivity index (χ0n) is 25.2. The van der Waals surface area contributed by atoms with Gasteiger partial charge in [0.2, 0.25) is 11.8 Å². The summed E-state index contributed by atoms with van der Waals surface area (Å²) in [5.74, 6) is 0.586. The van der Waals surface area contributed by atoms with Gasteiger partial charge in [-0.1, -0.05) is 12.5 Å². The van der Waals surface area contributed by atoms with Crippen LogP contribution in [-0.4, -0.2) is 65.7 Å². The maximum absolute atomic E-state index is 13.6. The number of unbranched alkanes of at least 4 members (excludes halogenated alkanes) is 2. The second-order valence-electron chi connectivity index (χ2n) is 13.6. The van der Waals surface area contributed by atoms with Gasteiger partial charge in [0.05, 0.1) is 11.1 Å². The van der Waals surface area contributed by atoms with Crippen molar-refractivity contribution in [3.8, 4) is 5.75 Å². The van der Waals surface area contributed by atoms with Crippen LogP contribution < -0.4 is 21.1 Å². The van der Waals surface area contributed by atoms with Crippen molar-refractivity contribution in [3.05, 3.63) is 53.1 Å². The molecule has 4 amide bonds. The minimum atomic E-state index is -0.348. The first-order chi connectivity index (χ1) is 21.3. The van der Waals surface area contributed by atoms with E-state index in [-0.39, 0.29) is 47.1 Å². The van der Waals surface area contributed by atoms with Crippen LogP contribution in [0, 0.1) is 10.8 Å². The van der Waals surface area contributed by atoms with Gasteiger partial charge in [-0.2, -0.15) is 0 Å². The molecular formula is C34H41N5O5. The molecule has 0 atom stereocenters. The van der Waals surface area contributed by atoms with Crippen LogP contribution in [0.2, 0.25) is 0 Å². The molecule has 232 valence electrons.